The van der Waals surface area contributed by atoms with E-state index >= 15 is 0 Å². The molecule has 0 amide bonds. The highest BCUT2D eigenvalue weighted by Gasteiger charge is 2.51. The van der Waals surface area contributed by atoms with Crippen molar-refractivity contribution in [3.05, 3.63) is 0 Å². The summed E-state index contributed by atoms with van der Waals surface area (Å²) in [6.07, 6.45) is 1.20. The summed E-state index contributed by atoms with van der Waals surface area (Å²) in [6, 6.07) is 0. The van der Waals surface area contributed by atoms with Gasteiger partial charge in [-0.3, -0.25) is 9.36 Å². The molecule has 0 aliphatic carbocycles. The first-order chi connectivity index (χ1) is 6.31. The van der Waals surface area contributed by atoms with E-state index in [4.69, 9.17) is 14.9 Å². The van der Waals surface area contributed by atoms with E-state index in [1.54, 1.807) is 0 Å². The summed E-state index contributed by atoms with van der Waals surface area (Å²) in [7, 11) is -4.59. The quantitative estimate of drug-likeness (QED) is 0.595. The molecule has 0 spiro atoms. The number of hydrogen-bond donors (Lipinski definition) is 3. The molecule has 14 heavy (non-hydrogen) atoms. The van der Waals surface area contributed by atoms with Crippen LogP contribution >= 0.6 is 7.60 Å². The summed E-state index contributed by atoms with van der Waals surface area (Å²) < 4.78 is 11.1. The molecule has 0 aromatic carbocycles. The van der Waals surface area contributed by atoms with Gasteiger partial charge in [0.1, 0.15) is 0 Å². The Bertz CT molecular complexity index is 246. The Morgan fingerprint density at radius 3 is 2.07 bits per heavy atom. The SMILES string of the molecule is CCCCC(CC)(C(=O)O)P(=O)(O)O. The van der Waals surface area contributed by atoms with Crippen molar-refractivity contribution in [1.29, 1.82) is 0 Å². The zero-order valence-electron chi connectivity index (χ0n) is 8.43. The van der Waals surface area contributed by atoms with E-state index in [9.17, 15) is 9.36 Å². The number of carboxylic acid groups (broad SMARTS) is 1. The molecule has 0 aromatic rings. The lowest BCUT2D eigenvalue weighted by Crippen LogP contribution is -2.37. The Morgan fingerprint density at radius 1 is 1.36 bits per heavy atom. The van der Waals surface area contributed by atoms with Gasteiger partial charge in [0.15, 0.2) is 5.16 Å². The molecule has 0 rings (SSSR count). The molecule has 84 valence electrons. The van der Waals surface area contributed by atoms with Crippen LogP contribution in [0.4, 0.5) is 0 Å². The summed E-state index contributed by atoms with van der Waals surface area (Å²) in [5, 5.41) is 7.01. The summed E-state index contributed by atoms with van der Waals surface area (Å²) in [4.78, 5) is 29.0. The van der Waals surface area contributed by atoms with Gasteiger partial charge in [0.2, 0.25) is 0 Å². The second kappa shape index (κ2) is 4.91. The van der Waals surface area contributed by atoms with Crippen LogP contribution in [0.5, 0.6) is 0 Å². The maximum atomic E-state index is 11.1. The molecule has 0 saturated heterocycles. The monoisotopic (exact) mass is 224 g/mol. The fourth-order valence-corrected chi connectivity index (χ4v) is 2.49. The Morgan fingerprint density at radius 2 is 1.86 bits per heavy atom. The summed E-state index contributed by atoms with van der Waals surface area (Å²) in [5.41, 5.74) is 0. The second-order valence-electron chi connectivity index (χ2n) is 3.34. The Labute approximate surface area is 83.3 Å². The first kappa shape index (κ1) is 13.6. The number of rotatable bonds is 6. The molecule has 0 heterocycles. The van der Waals surface area contributed by atoms with Crippen molar-refractivity contribution < 1.29 is 24.3 Å². The summed E-state index contributed by atoms with van der Waals surface area (Å²) in [5.74, 6) is -1.40. The second-order valence-corrected chi connectivity index (χ2v) is 5.28. The minimum atomic E-state index is -4.59. The molecule has 0 aliphatic rings. The molecule has 0 radical (unpaired) electrons. The van der Waals surface area contributed by atoms with Crippen LogP contribution in [0.25, 0.3) is 0 Å². The summed E-state index contributed by atoms with van der Waals surface area (Å²) in [6.45, 7) is 3.34. The maximum absolute atomic E-state index is 11.1. The molecule has 0 aromatic heterocycles. The van der Waals surface area contributed by atoms with Crippen LogP contribution in [0.15, 0.2) is 0 Å². The van der Waals surface area contributed by atoms with Gasteiger partial charge < -0.3 is 14.9 Å². The van der Waals surface area contributed by atoms with E-state index in [0.717, 1.165) is 6.42 Å². The van der Waals surface area contributed by atoms with Crippen LogP contribution < -0.4 is 0 Å². The average Bonchev–Trinajstić information content (AvgIpc) is 2.03. The van der Waals surface area contributed by atoms with Crippen molar-refractivity contribution in [1.82, 2.24) is 0 Å². The molecule has 5 nitrogen and oxygen atoms in total. The minimum Gasteiger partial charge on any atom is -0.480 e. The highest BCUT2D eigenvalue weighted by Crippen LogP contribution is 2.55. The summed E-state index contributed by atoms with van der Waals surface area (Å²) >= 11 is 0. The van der Waals surface area contributed by atoms with Gasteiger partial charge in [0, 0.05) is 0 Å². The predicted molar refractivity (Wildman–Crippen MR) is 52.2 cm³/mol. The highest BCUT2D eigenvalue weighted by atomic mass is 31.2. The molecule has 0 saturated carbocycles. The van der Waals surface area contributed by atoms with Crippen LogP contribution in [0.2, 0.25) is 0 Å². The molecular weight excluding hydrogens is 207 g/mol. The molecule has 1 unspecified atom stereocenters. The smallest absolute Gasteiger partial charge is 0.342 e. The van der Waals surface area contributed by atoms with Crippen molar-refractivity contribution in [2.45, 2.75) is 44.7 Å². The van der Waals surface area contributed by atoms with E-state index < -0.39 is 18.7 Å². The number of carboxylic acids is 1. The van der Waals surface area contributed by atoms with Crippen molar-refractivity contribution >= 4 is 13.6 Å². The lowest BCUT2D eigenvalue weighted by molar-refractivity contribution is -0.141. The van der Waals surface area contributed by atoms with E-state index in [-0.39, 0.29) is 12.8 Å². The molecule has 1 atom stereocenters. The number of aliphatic carboxylic acids is 1. The highest BCUT2D eigenvalue weighted by molar-refractivity contribution is 7.54. The maximum Gasteiger partial charge on any atom is 0.342 e. The van der Waals surface area contributed by atoms with Gasteiger partial charge in [-0.15, -0.1) is 0 Å². The first-order valence-corrected chi connectivity index (χ1v) is 6.22. The molecule has 0 bridgehead atoms. The number of unbranched alkanes of at least 4 members (excludes halogenated alkanes) is 1. The van der Waals surface area contributed by atoms with Crippen molar-refractivity contribution in [2.24, 2.45) is 0 Å². The lowest BCUT2D eigenvalue weighted by Gasteiger charge is -2.28. The Hall–Kier alpha value is -0.380. The zero-order valence-corrected chi connectivity index (χ0v) is 9.33. The number of hydrogen-bond acceptors (Lipinski definition) is 2. The third kappa shape index (κ3) is 2.56. The van der Waals surface area contributed by atoms with Crippen molar-refractivity contribution in [3.63, 3.8) is 0 Å². The van der Waals surface area contributed by atoms with Crippen molar-refractivity contribution in [3.8, 4) is 0 Å². The van der Waals surface area contributed by atoms with Crippen LogP contribution in [-0.4, -0.2) is 26.0 Å². The van der Waals surface area contributed by atoms with Gasteiger partial charge in [0.25, 0.3) is 0 Å². The van der Waals surface area contributed by atoms with Gasteiger partial charge in [0.05, 0.1) is 0 Å². The predicted octanol–water partition coefficient (Wildman–Crippen LogP) is 1.59. The van der Waals surface area contributed by atoms with E-state index in [2.05, 4.69) is 0 Å². The minimum absolute atomic E-state index is 0.0274. The fraction of sp³-hybridized carbons (Fsp3) is 0.875. The molecule has 0 fully saturated rings. The van der Waals surface area contributed by atoms with E-state index in [0.29, 0.717) is 6.42 Å². The fourth-order valence-electron chi connectivity index (χ4n) is 1.38. The number of carbonyl (C=O) groups is 1. The Balaban J connectivity index is 5.00. The molecule has 0 aliphatic heterocycles. The topological polar surface area (TPSA) is 94.8 Å². The van der Waals surface area contributed by atoms with E-state index in [1.807, 2.05) is 6.92 Å². The normalized spacial score (nSPS) is 16.3. The first-order valence-electron chi connectivity index (χ1n) is 4.61. The average molecular weight is 224 g/mol. The third-order valence-electron chi connectivity index (χ3n) is 2.48. The Kier molecular flexibility index (Phi) is 4.78. The van der Waals surface area contributed by atoms with E-state index in [1.165, 1.54) is 6.92 Å². The lowest BCUT2D eigenvalue weighted by atomic mass is 9.98. The van der Waals surface area contributed by atoms with Gasteiger partial charge in [-0.05, 0) is 12.8 Å². The van der Waals surface area contributed by atoms with Crippen LogP contribution in [0.3, 0.4) is 0 Å². The van der Waals surface area contributed by atoms with Crippen LogP contribution in [-0.2, 0) is 9.36 Å². The van der Waals surface area contributed by atoms with Gasteiger partial charge in [-0.25, -0.2) is 0 Å². The molecular formula is C8H17O5P. The standard InChI is InChI=1S/C8H17O5P/c1-3-5-6-8(4-2,7(9)10)14(11,12)13/h3-6H2,1-2H3,(H,9,10)(H2,11,12,13). The van der Waals surface area contributed by atoms with Gasteiger partial charge in [-0.1, -0.05) is 26.7 Å². The molecule has 3 N–H and O–H groups in total. The van der Waals surface area contributed by atoms with Gasteiger partial charge in [-0.2, -0.15) is 0 Å². The van der Waals surface area contributed by atoms with Crippen LogP contribution in [0, 0.1) is 0 Å². The third-order valence-corrected chi connectivity index (χ3v) is 4.33. The zero-order chi connectivity index (χ0) is 11.4. The van der Waals surface area contributed by atoms with Crippen molar-refractivity contribution in [2.75, 3.05) is 0 Å². The largest absolute Gasteiger partial charge is 0.480 e. The van der Waals surface area contributed by atoms with Gasteiger partial charge >= 0.3 is 13.6 Å². The molecule has 6 heteroatoms. The van der Waals surface area contributed by atoms with Crippen LogP contribution in [0.1, 0.15) is 39.5 Å².